The molecule has 1 N–H and O–H groups in total. The zero-order chi connectivity index (χ0) is 21.2. The van der Waals surface area contributed by atoms with Crippen LogP contribution in [-0.4, -0.2) is 59.4 Å². The predicted molar refractivity (Wildman–Crippen MR) is 101 cm³/mol. The Morgan fingerprint density at radius 3 is 2.76 bits per heavy atom. The third-order valence-corrected chi connectivity index (χ3v) is 5.76. The summed E-state index contributed by atoms with van der Waals surface area (Å²) in [5.41, 5.74) is -0.924. The van der Waals surface area contributed by atoms with Crippen LogP contribution in [0.15, 0.2) is 16.5 Å². The van der Waals surface area contributed by atoms with Gasteiger partial charge >= 0.3 is 12.0 Å². The topological polar surface area (TPSA) is 109 Å². The summed E-state index contributed by atoms with van der Waals surface area (Å²) in [4.78, 5) is 51.7. The summed E-state index contributed by atoms with van der Waals surface area (Å²) >= 11 is 0. The van der Waals surface area contributed by atoms with Crippen LogP contribution in [0.3, 0.4) is 0 Å². The van der Waals surface area contributed by atoms with Crippen molar-refractivity contribution < 1.29 is 28.3 Å². The van der Waals surface area contributed by atoms with Gasteiger partial charge in [0.15, 0.2) is 6.61 Å². The molecule has 2 heterocycles. The molecule has 2 atom stereocenters. The van der Waals surface area contributed by atoms with Crippen molar-refractivity contribution in [1.29, 1.82) is 0 Å². The fourth-order valence-corrected chi connectivity index (χ4v) is 3.96. The molecule has 0 unspecified atom stereocenters. The largest absolute Gasteiger partial charge is 0.464 e. The molecule has 9 heteroatoms. The highest BCUT2D eigenvalue weighted by Gasteiger charge is 2.55. The molecule has 1 spiro atoms. The number of ether oxygens (including phenoxy) is 1. The maximum atomic E-state index is 12.8. The maximum absolute atomic E-state index is 12.8. The van der Waals surface area contributed by atoms with E-state index >= 15 is 0 Å². The molecule has 1 aliphatic carbocycles. The number of imide groups is 1. The van der Waals surface area contributed by atoms with Crippen LogP contribution in [-0.2, 0) is 25.7 Å². The molecule has 3 rings (SSSR count). The lowest BCUT2D eigenvalue weighted by atomic mass is 9.73. The molecule has 1 saturated heterocycles. The highest BCUT2D eigenvalue weighted by Crippen LogP contribution is 2.38. The number of hydrogen-bond donors (Lipinski definition) is 1. The van der Waals surface area contributed by atoms with Gasteiger partial charge in [-0.05, 0) is 37.8 Å². The Hall–Kier alpha value is -2.84. The van der Waals surface area contributed by atoms with Gasteiger partial charge < -0.3 is 19.4 Å². The first kappa shape index (κ1) is 20.9. The number of rotatable bonds is 6. The van der Waals surface area contributed by atoms with Crippen molar-refractivity contribution in [2.75, 3.05) is 20.2 Å². The number of nitrogens with zero attached hydrogens (tertiary/aromatic N) is 2. The number of likely N-dealkylation sites (N-methyl/N-ethyl adjacent to an activating group) is 1. The molecule has 0 aromatic carbocycles. The van der Waals surface area contributed by atoms with Crippen molar-refractivity contribution in [3.63, 3.8) is 0 Å². The molecular formula is C20H27N3O6. The number of hydrogen-bond acceptors (Lipinski definition) is 6. The second-order valence-electron chi connectivity index (χ2n) is 7.86. The second-order valence-corrected chi connectivity index (χ2v) is 7.86. The van der Waals surface area contributed by atoms with Crippen LogP contribution >= 0.6 is 0 Å². The summed E-state index contributed by atoms with van der Waals surface area (Å²) in [5.74, 6) is -0.231. The Morgan fingerprint density at radius 2 is 2.10 bits per heavy atom. The van der Waals surface area contributed by atoms with E-state index < -0.39 is 36.6 Å². The van der Waals surface area contributed by atoms with Gasteiger partial charge in [-0.1, -0.05) is 19.8 Å². The normalized spacial score (nSPS) is 24.0. The fraction of sp³-hybridized carbons (Fsp3) is 0.600. The zero-order valence-corrected chi connectivity index (χ0v) is 17.0. The number of carbonyl (C=O) groups excluding carboxylic acids is 4. The van der Waals surface area contributed by atoms with Crippen LogP contribution in [0.4, 0.5) is 4.79 Å². The van der Waals surface area contributed by atoms with Gasteiger partial charge in [0.05, 0.1) is 6.54 Å². The lowest BCUT2D eigenvalue weighted by Gasteiger charge is -2.36. The first-order chi connectivity index (χ1) is 13.7. The molecule has 1 saturated carbocycles. The van der Waals surface area contributed by atoms with Crippen molar-refractivity contribution in [3.05, 3.63) is 23.7 Å². The first-order valence-electron chi connectivity index (χ1n) is 9.82. The van der Waals surface area contributed by atoms with Crippen LogP contribution in [0.2, 0.25) is 0 Å². The minimum absolute atomic E-state index is 0.00850. The van der Waals surface area contributed by atoms with E-state index in [2.05, 4.69) is 5.32 Å². The Labute approximate surface area is 169 Å². The van der Waals surface area contributed by atoms with E-state index in [1.54, 1.807) is 26.1 Å². The average Bonchev–Trinajstić information content (AvgIpc) is 3.18. The second kappa shape index (κ2) is 8.26. The summed E-state index contributed by atoms with van der Waals surface area (Å²) < 4.78 is 10.4. The molecular weight excluding hydrogens is 378 g/mol. The van der Waals surface area contributed by atoms with Gasteiger partial charge in [0, 0.05) is 7.05 Å². The van der Waals surface area contributed by atoms with Gasteiger partial charge in [0.25, 0.3) is 11.8 Å². The standard InChI is InChI=1S/C20H27N3O6/c1-13-6-4-5-9-20(13)18(26)23(19(27)21-20)11-17(25)28-12-16(24)22(3)10-15-8-7-14(2)29-15/h7-8,13H,4-6,9-12H2,1-3H3,(H,21,27)/t13-,20-/m1/s1. The molecule has 158 valence electrons. The van der Waals surface area contributed by atoms with Crippen molar-refractivity contribution >= 4 is 23.8 Å². The summed E-state index contributed by atoms with van der Waals surface area (Å²) in [6.07, 6.45) is 3.28. The van der Waals surface area contributed by atoms with Gasteiger partial charge in [-0.3, -0.25) is 19.3 Å². The number of nitrogens with one attached hydrogen (secondary N) is 1. The number of carbonyl (C=O) groups is 4. The van der Waals surface area contributed by atoms with Crippen LogP contribution in [0.5, 0.6) is 0 Å². The maximum Gasteiger partial charge on any atom is 0.326 e. The van der Waals surface area contributed by atoms with E-state index in [4.69, 9.17) is 9.15 Å². The number of amides is 4. The van der Waals surface area contributed by atoms with Gasteiger partial charge in [0.1, 0.15) is 23.6 Å². The number of esters is 1. The summed E-state index contributed by atoms with van der Waals surface area (Å²) in [7, 11) is 1.57. The summed E-state index contributed by atoms with van der Waals surface area (Å²) in [6, 6.07) is 2.98. The van der Waals surface area contributed by atoms with Crippen LogP contribution in [0.25, 0.3) is 0 Å². The molecule has 1 aromatic rings. The minimum atomic E-state index is -0.924. The Balaban J connectivity index is 1.50. The molecule has 2 fully saturated rings. The molecule has 0 bridgehead atoms. The SMILES string of the molecule is Cc1ccc(CN(C)C(=O)COC(=O)CN2C(=O)N[C@@]3(CCCC[C@H]3C)C2=O)o1. The van der Waals surface area contributed by atoms with Crippen LogP contribution in [0, 0.1) is 12.8 Å². The van der Waals surface area contributed by atoms with E-state index in [1.807, 2.05) is 6.92 Å². The highest BCUT2D eigenvalue weighted by atomic mass is 16.5. The molecule has 29 heavy (non-hydrogen) atoms. The van der Waals surface area contributed by atoms with Gasteiger partial charge in [-0.2, -0.15) is 0 Å². The summed E-state index contributed by atoms with van der Waals surface area (Å²) in [5, 5.41) is 2.78. The number of aryl methyl sites for hydroxylation is 1. The molecule has 1 aromatic heterocycles. The predicted octanol–water partition coefficient (Wildman–Crippen LogP) is 1.59. The van der Waals surface area contributed by atoms with Gasteiger partial charge in [0.2, 0.25) is 0 Å². The van der Waals surface area contributed by atoms with Crippen LogP contribution in [0.1, 0.15) is 44.1 Å². The van der Waals surface area contributed by atoms with E-state index in [9.17, 15) is 19.2 Å². The van der Waals surface area contributed by atoms with Gasteiger partial charge in [-0.15, -0.1) is 0 Å². The van der Waals surface area contributed by atoms with E-state index in [-0.39, 0.29) is 18.4 Å². The third-order valence-electron chi connectivity index (χ3n) is 5.76. The molecule has 1 aliphatic heterocycles. The lowest BCUT2D eigenvalue weighted by Crippen LogP contribution is -2.54. The molecule has 2 aliphatic rings. The van der Waals surface area contributed by atoms with E-state index in [0.29, 0.717) is 12.2 Å². The van der Waals surface area contributed by atoms with Crippen LogP contribution < -0.4 is 5.32 Å². The highest BCUT2D eigenvalue weighted by molar-refractivity contribution is 6.09. The third kappa shape index (κ3) is 4.28. The fourth-order valence-electron chi connectivity index (χ4n) is 3.96. The Kier molecular flexibility index (Phi) is 5.95. The lowest BCUT2D eigenvalue weighted by molar-refractivity contribution is -0.154. The molecule has 9 nitrogen and oxygen atoms in total. The van der Waals surface area contributed by atoms with Crippen molar-refractivity contribution in [2.45, 2.75) is 51.6 Å². The van der Waals surface area contributed by atoms with Crippen molar-refractivity contribution in [1.82, 2.24) is 15.1 Å². The van der Waals surface area contributed by atoms with Crippen molar-refractivity contribution in [2.24, 2.45) is 5.92 Å². The first-order valence-corrected chi connectivity index (χ1v) is 9.82. The average molecular weight is 405 g/mol. The van der Waals surface area contributed by atoms with E-state index in [1.165, 1.54) is 4.90 Å². The molecule has 0 radical (unpaired) electrons. The Morgan fingerprint density at radius 1 is 1.34 bits per heavy atom. The number of furan rings is 1. The minimum Gasteiger partial charge on any atom is -0.464 e. The summed E-state index contributed by atoms with van der Waals surface area (Å²) in [6.45, 7) is 3.01. The quantitative estimate of drug-likeness (QED) is 0.569. The number of urea groups is 1. The van der Waals surface area contributed by atoms with E-state index in [0.717, 1.165) is 29.9 Å². The monoisotopic (exact) mass is 405 g/mol. The van der Waals surface area contributed by atoms with Gasteiger partial charge in [-0.25, -0.2) is 4.79 Å². The van der Waals surface area contributed by atoms with Crippen molar-refractivity contribution in [3.8, 4) is 0 Å². The Bertz CT molecular complexity index is 819. The zero-order valence-electron chi connectivity index (χ0n) is 17.0. The molecule has 4 amide bonds. The smallest absolute Gasteiger partial charge is 0.326 e.